The molecule has 0 aliphatic heterocycles. The lowest BCUT2D eigenvalue weighted by Crippen LogP contribution is -2.55. The van der Waals surface area contributed by atoms with E-state index >= 15 is 0 Å². The Morgan fingerprint density at radius 3 is 2.27 bits per heavy atom. The number of benzene rings is 1. The van der Waals surface area contributed by atoms with Crippen LogP contribution in [0.25, 0.3) is 0 Å². The predicted molar refractivity (Wildman–Crippen MR) is 106 cm³/mol. The van der Waals surface area contributed by atoms with Gasteiger partial charge >= 0.3 is 0 Å². The van der Waals surface area contributed by atoms with Crippen LogP contribution >= 0.6 is 0 Å². The van der Waals surface area contributed by atoms with Crippen LogP contribution in [0.1, 0.15) is 45.4 Å². The van der Waals surface area contributed by atoms with Crippen molar-refractivity contribution in [2.45, 2.75) is 51.6 Å². The molecule has 4 aliphatic carbocycles. The van der Waals surface area contributed by atoms with Crippen LogP contribution in [0.15, 0.2) is 24.3 Å². The second-order valence-corrected chi connectivity index (χ2v) is 9.11. The van der Waals surface area contributed by atoms with Gasteiger partial charge in [-0.05, 0) is 75.3 Å². The summed E-state index contributed by atoms with van der Waals surface area (Å²) in [6.07, 6.45) is 5.49. The third kappa shape index (κ3) is 4.27. The monoisotopic (exact) mass is 417 g/mol. The summed E-state index contributed by atoms with van der Waals surface area (Å²) in [6.45, 7) is 1.24. The van der Waals surface area contributed by atoms with E-state index in [0.717, 1.165) is 19.3 Å². The molecule has 3 N–H and O–H groups in total. The first-order valence-corrected chi connectivity index (χ1v) is 10.6. The number of amides is 3. The normalized spacial score (nSPS) is 29.7. The van der Waals surface area contributed by atoms with Crippen molar-refractivity contribution in [3.8, 4) is 5.75 Å². The first-order valence-electron chi connectivity index (χ1n) is 10.6. The highest BCUT2D eigenvalue weighted by Gasteiger charge is 2.54. The molecule has 1 aromatic carbocycles. The fourth-order valence-electron chi connectivity index (χ4n) is 5.80. The lowest BCUT2D eigenvalue weighted by molar-refractivity contribution is -0.147. The number of ether oxygens (including phenoxy) is 1. The highest BCUT2D eigenvalue weighted by molar-refractivity contribution is 5.89. The molecule has 162 valence electrons. The van der Waals surface area contributed by atoms with E-state index in [9.17, 15) is 18.8 Å². The van der Waals surface area contributed by atoms with E-state index in [1.165, 1.54) is 44.4 Å². The fraction of sp³-hybridized carbons (Fsp3) is 0.591. The lowest BCUT2D eigenvalue weighted by atomic mass is 9.49. The van der Waals surface area contributed by atoms with Crippen molar-refractivity contribution >= 4 is 17.7 Å². The fourth-order valence-corrected chi connectivity index (χ4v) is 5.80. The molecule has 0 unspecified atom stereocenters. The van der Waals surface area contributed by atoms with Crippen LogP contribution in [0.2, 0.25) is 0 Å². The average Bonchev–Trinajstić information content (AvgIpc) is 2.70. The zero-order chi connectivity index (χ0) is 21.3. The van der Waals surface area contributed by atoms with Crippen molar-refractivity contribution in [3.63, 3.8) is 0 Å². The molecule has 4 aliphatic rings. The van der Waals surface area contributed by atoms with Crippen molar-refractivity contribution in [1.29, 1.82) is 0 Å². The third-order valence-corrected chi connectivity index (χ3v) is 6.76. The molecule has 0 aromatic heterocycles. The lowest BCUT2D eigenvalue weighted by Gasteiger charge is -2.55. The summed E-state index contributed by atoms with van der Waals surface area (Å²) in [6, 6.07) is 5.76. The molecule has 0 saturated heterocycles. The molecule has 4 saturated carbocycles. The number of para-hydroxylation sites is 1. The predicted octanol–water partition coefficient (Wildman–Crippen LogP) is 2.07. The summed E-state index contributed by atoms with van der Waals surface area (Å²) in [5.41, 5.74) is 4.19. The average molecular weight is 417 g/mol. The number of carbonyl (C=O) groups excluding carboxylic acids is 3. The Labute approximate surface area is 175 Å². The number of rotatable bonds is 6. The molecule has 1 atom stereocenters. The molecule has 1 aromatic rings. The van der Waals surface area contributed by atoms with Gasteiger partial charge in [-0.15, -0.1) is 0 Å². The Bertz CT molecular complexity index is 808. The van der Waals surface area contributed by atoms with Gasteiger partial charge in [-0.25, -0.2) is 4.39 Å². The van der Waals surface area contributed by atoms with Gasteiger partial charge < -0.3 is 10.1 Å². The summed E-state index contributed by atoms with van der Waals surface area (Å²) >= 11 is 0. The topological polar surface area (TPSA) is 96.5 Å². The minimum atomic E-state index is -1.01. The maximum atomic E-state index is 13.6. The first-order chi connectivity index (χ1) is 14.3. The Balaban J connectivity index is 1.21. The van der Waals surface area contributed by atoms with Crippen LogP contribution in [-0.4, -0.2) is 30.4 Å². The van der Waals surface area contributed by atoms with Crippen molar-refractivity contribution in [3.05, 3.63) is 30.1 Å². The maximum absolute atomic E-state index is 13.6. The second kappa shape index (κ2) is 8.24. The molecule has 3 amide bonds. The molecule has 8 heteroatoms. The van der Waals surface area contributed by atoms with E-state index in [1.807, 2.05) is 0 Å². The van der Waals surface area contributed by atoms with Gasteiger partial charge in [0.05, 0.1) is 6.54 Å². The number of halogens is 1. The summed E-state index contributed by atoms with van der Waals surface area (Å²) < 4.78 is 18.9. The van der Waals surface area contributed by atoms with Crippen molar-refractivity contribution in [2.24, 2.45) is 23.2 Å². The maximum Gasteiger partial charge on any atom is 0.279 e. The summed E-state index contributed by atoms with van der Waals surface area (Å²) in [5, 5.41) is 2.76. The van der Waals surface area contributed by atoms with Crippen LogP contribution in [0, 0.1) is 29.0 Å². The van der Waals surface area contributed by atoms with Gasteiger partial charge in [0.2, 0.25) is 5.91 Å². The van der Waals surface area contributed by atoms with E-state index in [4.69, 9.17) is 4.74 Å². The van der Waals surface area contributed by atoms with Crippen molar-refractivity contribution in [1.82, 2.24) is 16.2 Å². The van der Waals surface area contributed by atoms with E-state index in [1.54, 1.807) is 6.07 Å². The van der Waals surface area contributed by atoms with Crippen LogP contribution in [-0.2, 0) is 14.4 Å². The van der Waals surface area contributed by atoms with E-state index in [2.05, 4.69) is 16.2 Å². The SMILES string of the molecule is C[C@@H](Oc1ccccc1F)C(=O)NNC(=O)CNC(=O)C12CC3CC(CC(C3)C1)C2. The molecule has 7 nitrogen and oxygen atoms in total. The van der Waals surface area contributed by atoms with E-state index in [-0.39, 0.29) is 23.6 Å². The Morgan fingerprint density at radius 2 is 1.67 bits per heavy atom. The van der Waals surface area contributed by atoms with E-state index < -0.39 is 23.7 Å². The molecule has 0 spiro atoms. The minimum Gasteiger partial charge on any atom is -0.478 e. The summed E-state index contributed by atoms with van der Waals surface area (Å²) in [4.78, 5) is 37.0. The molecule has 4 fully saturated rings. The third-order valence-electron chi connectivity index (χ3n) is 6.76. The Hall–Kier alpha value is -2.64. The van der Waals surface area contributed by atoms with Crippen LogP contribution < -0.4 is 20.9 Å². The summed E-state index contributed by atoms with van der Waals surface area (Å²) in [5.74, 6) is 0.115. The first kappa shape index (κ1) is 20.6. The quantitative estimate of drug-likeness (QED) is 0.618. The van der Waals surface area contributed by atoms with Gasteiger partial charge in [0.15, 0.2) is 17.7 Å². The molecule has 30 heavy (non-hydrogen) atoms. The highest BCUT2D eigenvalue weighted by Crippen LogP contribution is 2.60. The van der Waals surface area contributed by atoms with Gasteiger partial charge in [0.1, 0.15) is 0 Å². The molecule has 4 bridgehead atoms. The van der Waals surface area contributed by atoms with Crippen LogP contribution in [0.3, 0.4) is 0 Å². The van der Waals surface area contributed by atoms with E-state index in [0.29, 0.717) is 17.8 Å². The second-order valence-electron chi connectivity index (χ2n) is 9.11. The smallest absolute Gasteiger partial charge is 0.279 e. The number of carbonyl (C=O) groups is 3. The van der Waals surface area contributed by atoms with Gasteiger partial charge in [-0.3, -0.25) is 25.2 Å². The highest BCUT2D eigenvalue weighted by atomic mass is 19.1. The molecule has 5 rings (SSSR count). The van der Waals surface area contributed by atoms with Crippen molar-refractivity contribution in [2.75, 3.05) is 6.54 Å². The van der Waals surface area contributed by atoms with Crippen LogP contribution in [0.5, 0.6) is 5.75 Å². The number of hydrogen-bond donors (Lipinski definition) is 3. The Kier molecular flexibility index (Phi) is 5.66. The van der Waals surface area contributed by atoms with Crippen LogP contribution in [0.4, 0.5) is 4.39 Å². The van der Waals surface area contributed by atoms with Gasteiger partial charge in [-0.1, -0.05) is 12.1 Å². The van der Waals surface area contributed by atoms with Gasteiger partial charge in [0.25, 0.3) is 11.8 Å². The molecular weight excluding hydrogens is 389 g/mol. The summed E-state index contributed by atoms with van der Waals surface area (Å²) in [7, 11) is 0. The zero-order valence-electron chi connectivity index (χ0n) is 17.1. The zero-order valence-corrected chi connectivity index (χ0v) is 17.1. The standard InChI is InChI=1S/C22H28FN3O4/c1-13(30-18-5-3-2-4-17(18)23)20(28)26-25-19(27)12-24-21(29)22-9-14-6-15(10-22)8-16(7-14)11-22/h2-5,13-16H,6-12H2,1H3,(H,24,29)(H,25,27)(H,26,28)/t13-,14?,15?,16?,22?/m1/s1. The minimum absolute atomic E-state index is 0.0423. The number of hydrogen-bond acceptors (Lipinski definition) is 4. The Morgan fingerprint density at radius 1 is 1.07 bits per heavy atom. The molecule has 0 heterocycles. The van der Waals surface area contributed by atoms with Gasteiger partial charge in [-0.2, -0.15) is 0 Å². The number of nitrogens with one attached hydrogen (secondary N) is 3. The van der Waals surface area contributed by atoms with Crippen molar-refractivity contribution < 1.29 is 23.5 Å². The number of hydrazine groups is 1. The van der Waals surface area contributed by atoms with Gasteiger partial charge in [0, 0.05) is 5.41 Å². The molecular formula is C22H28FN3O4. The largest absolute Gasteiger partial charge is 0.478 e. The molecule has 0 radical (unpaired) electrons.